The molecule has 0 saturated heterocycles. The molecule has 0 amide bonds. The van der Waals surface area contributed by atoms with Gasteiger partial charge in [-0.15, -0.1) is 6.42 Å². The molecule has 1 aromatic rings. The first-order chi connectivity index (χ1) is 6.92. The lowest BCUT2D eigenvalue weighted by Gasteiger charge is -2.21. The lowest BCUT2D eigenvalue weighted by Crippen LogP contribution is -2.16. The van der Waals surface area contributed by atoms with Crippen LogP contribution in [0.5, 0.6) is 5.75 Å². The Hall–Kier alpha value is -1.49. The number of hydrogen-bond acceptors (Lipinski definition) is 1. The molecular weight excluding hydrogens is 191 g/mol. The van der Waals surface area contributed by atoms with Crippen molar-refractivity contribution >= 4 is 0 Å². The van der Waals surface area contributed by atoms with E-state index in [1.165, 1.54) is 6.07 Å². The van der Waals surface area contributed by atoms with Crippen LogP contribution in [-0.2, 0) is 5.41 Å². The Labute approximate surface area is 90.3 Å². The maximum Gasteiger partial charge on any atom is 0.126 e. The van der Waals surface area contributed by atoms with Gasteiger partial charge in [0.05, 0.1) is 12.5 Å². The number of aryl methyl sites for hydroxylation is 1. The van der Waals surface area contributed by atoms with Crippen molar-refractivity contribution in [1.82, 2.24) is 0 Å². The molecule has 0 aliphatic heterocycles. The third-order valence-corrected chi connectivity index (χ3v) is 2.51. The maximum absolute atomic E-state index is 13.4. The molecule has 0 unspecified atom stereocenters. The predicted molar refractivity (Wildman–Crippen MR) is 59.5 cm³/mol. The van der Waals surface area contributed by atoms with Crippen LogP contribution >= 0.6 is 0 Å². The Morgan fingerprint density at radius 2 is 2.00 bits per heavy atom. The van der Waals surface area contributed by atoms with E-state index in [2.05, 4.69) is 5.92 Å². The molecule has 2 heteroatoms. The number of benzene rings is 1. The van der Waals surface area contributed by atoms with Gasteiger partial charge in [-0.2, -0.15) is 0 Å². The van der Waals surface area contributed by atoms with Crippen LogP contribution in [-0.4, -0.2) is 7.11 Å². The Morgan fingerprint density at radius 1 is 1.40 bits per heavy atom. The van der Waals surface area contributed by atoms with Crippen molar-refractivity contribution in [2.75, 3.05) is 7.11 Å². The van der Waals surface area contributed by atoms with Gasteiger partial charge in [-0.25, -0.2) is 4.39 Å². The van der Waals surface area contributed by atoms with Gasteiger partial charge in [0.15, 0.2) is 0 Å². The summed E-state index contributed by atoms with van der Waals surface area (Å²) in [6.45, 7) is 5.42. The minimum atomic E-state index is -0.528. The minimum Gasteiger partial charge on any atom is -0.496 e. The molecule has 0 N–H and O–H groups in total. The largest absolute Gasteiger partial charge is 0.496 e. The number of methoxy groups -OCH3 is 1. The van der Waals surface area contributed by atoms with Crippen molar-refractivity contribution in [3.05, 3.63) is 29.1 Å². The SMILES string of the molecule is C#CC(C)(C)c1cc(F)c(C)cc1OC. The number of hydrogen-bond donors (Lipinski definition) is 0. The summed E-state index contributed by atoms with van der Waals surface area (Å²) in [5.74, 6) is 3.01. The first kappa shape index (κ1) is 11.6. The summed E-state index contributed by atoms with van der Waals surface area (Å²) in [5, 5.41) is 0. The van der Waals surface area contributed by atoms with E-state index in [0.717, 1.165) is 0 Å². The third kappa shape index (κ3) is 2.12. The van der Waals surface area contributed by atoms with E-state index >= 15 is 0 Å². The normalized spacial score (nSPS) is 10.9. The van der Waals surface area contributed by atoms with Crippen LogP contribution in [0.4, 0.5) is 4.39 Å². The highest BCUT2D eigenvalue weighted by Crippen LogP contribution is 2.32. The molecule has 0 bridgehead atoms. The number of terminal acetylenes is 1. The van der Waals surface area contributed by atoms with E-state index in [9.17, 15) is 4.39 Å². The van der Waals surface area contributed by atoms with Crippen molar-refractivity contribution in [1.29, 1.82) is 0 Å². The first-order valence-electron chi connectivity index (χ1n) is 4.74. The van der Waals surface area contributed by atoms with Crippen molar-refractivity contribution in [3.63, 3.8) is 0 Å². The minimum absolute atomic E-state index is 0.255. The molecule has 0 aromatic heterocycles. The molecular formula is C13H15FO. The molecule has 80 valence electrons. The second-order valence-electron chi connectivity index (χ2n) is 4.07. The summed E-state index contributed by atoms with van der Waals surface area (Å²) in [6, 6.07) is 3.12. The van der Waals surface area contributed by atoms with Crippen LogP contribution in [0.15, 0.2) is 12.1 Å². The lowest BCUT2D eigenvalue weighted by molar-refractivity contribution is 0.401. The average Bonchev–Trinajstić information content (AvgIpc) is 2.21. The highest BCUT2D eigenvalue weighted by molar-refractivity contribution is 5.46. The third-order valence-electron chi connectivity index (χ3n) is 2.51. The van der Waals surface area contributed by atoms with Crippen molar-refractivity contribution in [2.45, 2.75) is 26.2 Å². The Morgan fingerprint density at radius 3 is 2.47 bits per heavy atom. The molecule has 15 heavy (non-hydrogen) atoms. The van der Waals surface area contributed by atoms with E-state index in [4.69, 9.17) is 11.2 Å². The topological polar surface area (TPSA) is 9.23 Å². The molecule has 0 heterocycles. The summed E-state index contributed by atoms with van der Waals surface area (Å²) in [5.41, 5.74) is 0.735. The molecule has 0 spiro atoms. The van der Waals surface area contributed by atoms with Crippen LogP contribution in [0, 0.1) is 25.1 Å². The summed E-state index contributed by atoms with van der Waals surface area (Å²) >= 11 is 0. The first-order valence-corrected chi connectivity index (χ1v) is 4.74. The Bertz CT molecular complexity index is 413. The van der Waals surface area contributed by atoms with Gasteiger partial charge in [-0.3, -0.25) is 0 Å². The molecule has 1 rings (SSSR count). The number of rotatable bonds is 2. The molecule has 0 saturated carbocycles. The quantitative estimate of drug-likeness (QED) is 0.676. The van der Waals surface area contributed by atoms with Crippen molar-refractivity contribution in [2.24, 2.45) is 0 Å². The molecule has 1 aromatic carbocycles. The van der Waals surface area contributed by atoms with E-state index in [-0.39, 0.29) is 5.82 Å². The molecule has 0 atom stereocenters. The molecule has 1 nitrogen and oxygen atoms in total. The molecule has 0 radical (unpaired) electrons. The fraction of sp³-hybridized carbons (Fsp3) is 0.385. The van der Waals surface area contributed by atoms with Crippen LogP contribution in [0.2, 0.25) is 0 Å². The maximum atomic E-state index is 13.4. The van der Waals surface area contributed by atoms with Gasteiger partial charge in [0, 0.05) is 5.56 Å². The van der Waals surface area contributed by atoms with Gasteiger partial charge in [-0.05, 0) is 38.5 Å². The van der Waals surface area contributed by atoms with Crippen LogP contribution < -0.4 is 4.74 Å². The van der Waals surface area contributed by atoms with E-state index in [1.807, 2.05) is 13.8 Å². The van der Waals surface area contributed by atoms with Gasteiger partial charge < -0.3 is 4.74 Å². The zero-order valence-corrected chi connectivity index (χ0v) is 9.52. The van der Waals surface area contributed by atoms with Gasteiger partial charge in [0.2, 0.25) is 0 Å². The van der Waals surface area contributed by atoms with E-state index in [0.29, 0.717) is 16.9 Å². The Balaban J connectivity index is 3.42. The van der Waals surface area contributed by atoms with E-state index < -0.39 is 5.41 Å². The highest BCUT2D eigenvalue weighted by atomic mass is 19.1. The van der Waals surface area contributed by atoms with Gasteiger partial charge in [-0.1, -0.05) is 5.92 Å². The predicted octanol–water partition coefficient (Wildman–Crippen LogP) is 3.05. The molecule has 0 aliphatic rings. The van der Waals surface area contributed by atoms with Crippen LogP contribution in [0.3, 0.4) is 0 Å². The fourth-order valence-electron chi connectivity index (χ4n) is 1.39. The average molecular weight is 206 g/mol. The standard InChI is InChI=1S/C13H15FO/c1-6-13(3,4)10-8-11(14)9(2)7-12(10)15-5/h1,7-8H,2-5H3. The zero-order chi connectivity index (χ0) is 11.6. The van der Waals surface area contributed by atoms with Gasteiger partial charge >= 0.3 is 0 Å². The van der Waals surface area contributed by atoms with Crippen molar-refractivity contribution in [3.8, 4) is 18.1 Å². The smallest absolute Gasteiger partial charge is 0.126 e. The van der Waals surface area contributed by atoms with Crippen LogP contribution in [0.25, 0.3) is 0 Å². The Kier molecular flexibility index (Phi) is 3.04. The molecule has 0 fully saturated rings. The van der Waals surface area contributed by atoms with Gasteiger partial charge in [0.1, 0.15) is 11.6 Å². The van der Waals surface area contributed by atoms with Gasteiger partial charge in [0.25, 0.3) is 0 Å². The fourth-order valence-corrected chi connectivity index (χ4v) is 1.39. The summed E-state index contributed by atoms with van der Waals surface area (Å²) in [7, 11) is 1.56. The summed E-state index contributed by atoms with van der Waals surface area (Å²) in [6.07, 6.45) is 5.42. The van der Waals surface area contributed by atoms with Crippen LogP contribution in [0.1, 0.15) is 25.0 Å². The highest BCUT2D eigenvalue weighted by Gasteiger charge is 2.23. The lowest BCUT2D eigenvalue weighted by atomic mass is 9.84. The summed E-state index contributed by atoms with van der Waals surface area (Å²) < 4.78 is 18.6. The number of halogens is 1. The van der Waals surface area contributed by atoms with E-state index in [1.54, 1.807) is 20.1 Å². The monoisotopic (exact) mass is 206 g/mol. The van der Waals surface area contributed by atoms with Crippen molar-refractivity contribution < 1.29 is 9.13 Å². The zero-order valence-electron chi connectivity index (χ0n) is 9.52. The second kappa shape index (κ2) is 3.94. The molecule has 0 aliphatic carbocycles. The summed E-state index contributed by atoms with van der Waals surface area (Å²) in [4.78, 5) is 0. The second-order valence-corrected chi connectivity index (χ2v) is 4.07. The number of ether oxygens (including phenoxy) is 1.